The van der Waals surface area contributed by atoms with Gasteiger partial charge in [-0.2, -0.15) is 11.8 Å². The van der Waals surface area contributed by atoms with Crippen LogP contribution in [0.25, 0.3) is 0 Å². The summed E-state index contributed by atoms with van der Waals surface area (Å²) >= 11 is 1.74. The molecule has 0 fully saturated rings. The third kappa shape index (κ3) is 5.29. The SMILES string of the molecule is CSCC(C)CNC(=O)CC(C)(C(=O)O)C(C)C. The molecule has 106 valence electrons. The number of carbonyl (C=O) groups is 2. The highest BCUT2D eigenvalue weighted by atomic mass is 32.2. The Morgan fingerprint density at radius 1 is 1.33 bits per heavy atom. The zero-order valence-electron chi connectivity index (χ0n) is 11.9. The van der Waals surface area contributed by atoms with Crippen LogP contribution in [0.2, 0.25) is 0 Å². The minimum atomic E-state index is -0.993. The first-order chi connectivity index (χ1) is 8.24. The number of carboxylic acids is 1. The Kier molecular flexibility index (Phi) is 7.36. The molecule has 2 unspecified atom stereocenters. The molecule has 0 aliphatic heterocycles. The van der Waals surface area contributed by atoms with E-state index in [0.717, 1.165) is 5.75 Å². The molecule has 2 N–H and O–H groups in total. The van der Waals surface area contributed by atoms with Crippen LogP contribution in [0, 0.1) is 17.3 Å². The second kappa shape index (κ2) is 7.67. The summed E-state index contributed by atoms with van der Waals surface area (Å²) in [6, 6.07) is 0. The van der Waals surface area contributed by atoms with Gasteiger partial charge >= 0.3 is 5.97 Å². The van der Waals surface area contributed by atoms with Crippen LogP contribution in [0.3, 0.4) is 0 Å². The molecule has 0 saturated carbocycles. The van der Waals surface area contributed by atoms with E-state index in [1.54, 1.807) is 18.7 Å². The predicted molar refractivity (Wildman–Crippen MR) is 75.8 cm³/mol. The lowest BCUT2D eigenvalue weighted by atomic mass is 9.76. The average Bonchev–Trinajstić information content (AvgIpc) is 2.26. The number of carboxylic acid groups (broad SMARTS) is 1. The summed E-state index contributed by atoms with van der Waals surface area (Å²) in [4.78, 5) is 23.1. The second-order valence-corrected chi connectivity index (χ2v) is 6.33. The van der Waals surface area contributed by atoms with Crippen molar-refractivity contribution in [2.24, 2.45) is 17.3 Å². The summed E-state index contributed by atoms with van der Waals surface area (Å²) < 4.78 is 0. The summed E-state index contributed by atoms with van der Waals surface area (Å²) in [5, 5.41) is 12.0. The summed E-state index contributed by atoms with van der Waals surface area (Å²) in [6.07, 6.45) is 2.06. The summed E-state index contributed by atoms with van der Waals surface area (Å²) in [5.74, 6) is 0.218. The molecule has 0 heterocycles. The van der Waals surface area contributed by atoms with Crippen molar-refractivity contribution in [2.45, 2.75) is 34.1 Å². The molecule has 2 atom stereocenters. The van der Waals surface area contributed by atoms with Crippen LogP contribution in [-0.2, 0) is 9.59 Å². The first-order valence-corrected chi connectivity index (χ1v) is 7.62. The fraction of sp³-hybridized carbons (Fsp3) is 0.846. The quantitative estimate of drug-likeness (QED) is 0.713. The van der Waals surface area contributed by atoms with Crippen molar-refractivity contribution in [2.75, 3.05) is 18.6 Å². The number of amides is 1. The highest BCUT2D eigenvalue weighted by Crippen LogP contribution is 2.31. The Hall–Kier alpha value is -0.710. The average molecular weight is 275 g/mol. The summed E-state index contributed by atoms with van der Waals surface area (Å²) in [7, 11) is 0. The molecule has 0 bridgehead atoms. The van der Waals surface area contributed by atoms with E-state index in [-0.39, 0.29) is 18.2 Å². The summed E-state index contributed by atoms with van der Waals surface area (Å²) in [6.45, 7) is 7.96. The molecule has 18 heavy (non-hydrogen) atoms. The first-order valence-electron chi connectivity index (χ1n) is 6.23. The fourth-order valence-corrected chi connectivity index (χ4v) is 2.24. The van der Waals surface area contributed by atoms with Crippen LogP contribution < -0.4 is 5.32 Å². The Balaban J connectivity index is 4.33. The number of carbonyl (C=O) groups excluding carboxylic acids is 1. The Labute approximate surface area is 114 Å². The number of nitrogens with one attached hydrogen (secondary N) is 1. The molecule has 0 saturated heterocycles. The van der Waals surface area contributed by atoms with Crippen molar-refractivity contribution in [3.63, 3.8) is 0 Å². The highest BCUT2D eigenvalue weighted by molar-refractivity contribution is 7.98. The molecule has 0 rings (SSSR count). The monoisotopic (exact) mass is 275 g/mol. The Bertz CT molecular complexity index is 294. The van der Waals surface area contributed by atoms with Crippen molar-refractivity contribution >= 4 is 23.6 Å². The molecule has 0 radical (unpaired) electrons. The molecule has 4 nitrogen and oxygen atoms in total. The van der Waals surface area contributed by atoms with Gasteiger partial charge in [0.2, 0.25) is 5.91 Å². The fourth-order valence-electron chi connectivity index (χ4n) is 1.55. The number of aliphatic carboxylic acids is 1. The van der Waals surface area contributed by atoms with Gasteiger partial charge in [-0.1, -0.05) is 20.8 Å². The van der Waals surface area contributed by atoms with Crippen LogP contribution in [0.5, 0.6) is 0 Å². The van der Waals surface area contributed by atoms with E-state index in [1.165, 1.54) is 0 Å². The molecule has 0 aromatic carbocycles. The number of rotatable bonds is 8. The maximum atomic E-state index is 11.8. The second-order valence-electron chi connectivity index (χ2n) is 5.42. The van der Waals surface area contributed by atoms with Crippen molar-refractivity contribution < 1.29 is 14.7 Å². The van der Waals surface area contributed by atoms with Crippen LogP contribution in [0.15, 0.2) is 0 Å². The van der Waals surface area contributed by atoms with Gasteiger partial charge < -0.3 is 10.4 Å². The third-order valence-electron chi connectivity index (χ3n) is 3.39. The van der Waals surface area contributed by atoms with Crippen LogP contribution in [-0.4, -0.2) is 35.5 Å². The molecule has 0 aliphatic rings. The molecule has 1 amide bonds. The largest absolute Gasteiger partial charge is 0.481 e. The van der Waals surface area contributed by atoms with Gasteiger partial charge in [0.1, 0.15) is 0 Å². The van der Waals surface area contributed by atoms with E-state index in [9.17, 15) is 14.7 Å². The van der Waals surface area contributed by atoms with Gasteiger partial charge in [0.25, 0.3) is 0 Å². The topological polar surface area (TPSA) is 66.4 Å². The zero-order chi connectivity index (χ0) is 14.3. The van der Waals surface area contributed by atoms with Gasteiger partial charge in [-0.05, 0) is 30.8 Å². The molecular weight excluding hydrogens is 250 g/mol. The van der Waals surface area contributed by atoms with E-state index in [1.807, 2.05) is 20.1 Å². The van der Waals surface area contributed by atoms with Crippen molar-refractivity contribution in [1.82, 2.24) is 5.32 Å². The number of hydrogen-bond donors (Lipinski definition) is 2. The van der Waals surface area contributed by atoms with Crippen LogP contribution in [0.4, 0.5) is 0 Å². The highest BCUT2D eigenvalue weighted by Gasteiger charge is 2.38. The van der Waals surface area contributed by atoms with Gasteiger partial charge in [0, 0.05) is 13.0 Å². The minimum absolute atomic E-state index is 0.0337. The maximum absolute atomic E-state index is 11.8. The van der Waals surface area contributed by atoms with E-state index >= 15 is 0 Å². The molecule has 0 aromatic heterocycles. The lowest BCUT2D eigenvalue weighted by Gasteiger charge is -2.28. The number of hydrogen-bond acceptors (Lipinski definition) is 3. The zero-order valence-corrected chi connectivity index (χ0v) is 12.8. The molecule has 5 heteroatoms. The van der Waals surface area contributed by atoms with E-state index in [2.05, 4.69) is 12.2 Å². The van der Waals surface area contributed by atoms with Crippen molar-refractivity contribution in [3.8, 4) is 0 Å². The van der Waals surface area contributed by atoms with Gasteiger partial charge in [-0.3, -0.25) is 9.59 Å². The van der Waals surface area contributed by atoms with E-state index in [0.29, 0.717) is 12.5 Å². The number of thioether (sulfide) groups is 1. The standard InChI is InChI=1S/C13H25NO3S/c1-9(2)13(4,12(16)17)6-11(15)14-7-10(3)8-18-5/h9-10H,6-8H2,1-5H3,(H,14,15)(H,16,17). The van der Waals surface area contributed by atoms with Gasteiger partial charge in [-0.25, -0.2) is 0 Å². The lowest BCUT2D eigenvalue weighted by molar-refractivity contribution is -0.153. The van der Waals surface area contributed by atoms with Gasteiger partial charge in [0.05, 0.1) is 5.41 Å². The Morgan fingerprint density at radius 3 is 2.28 bits per heavy atom. The van der Waals surface area contributed by atoms with E-state index in [4.69, 9.17) is 0 Å². The molecule has 0 spiro atoms. The van der Waals surface area contributed by atoms with Crippen molar-refractivity contribution in [1.29, 1.82) is 0 Å². The lowest BCUT2D eigenvalue weighted by Crippen LogP contribution is -2.40. The van der Waals surface area contributed by atoms with Gasteiger partial charge in [-0.15, -0.1) is 0 Å². The first kappa shape index (κ1) is 17.3. The third-order valence-corrected chi connectivity index (χ3v) is 4.29. The minimum Gasteiger partial charge on any atom is -0.481 e. The molecule has 0 aliphatic carbocycles. The molecule has 0 aromatic rings. The van der Waals surface area contributed by atoms with Gasteiger partial charge in [0.15, 0.2) is 0 Å². The normalized spacial score (nSPS) is 16.1. The Morgan fingerprint density at radius 2 is 1.89 bits per heavy atom. The summed E-state index contributed by atoms with van der Waals surface area (Å²) in [5.41, 5.74) is -0.993. The van der Waals surface area contributed by atoms with Crippen LogP contribution in [0.1, 0.15) is 34.1 Å². The maximum Gasteiger partial charge on any atom is 0.310 e. The predicted octanol–water partition coefficient (Wildman–Crippen LogP) is 2.24. The van der Waals surface area contributed by atoms with Crippen molar-refractivity contribution in [3.05, 3.63) is 0 Å². The van der Waals surface area contributed by atoms with Crippen LogP contribution >= 0.6 is 11.8 Å². The van der Waals surface area contributed by atoms with E-state index < -0.39 is 11.4 Å². The molecular formula is C13H25NO3S. The smallest absolute Gasteiger partial charge is 0.310 e.